The number of amides is 1. The van der Waals surface area contributed by atoms with Gasteiger partial charge in [0.1, 0.15) is 5.82 Å². The Morgan fingerprint density at radius 1 is 0.933 bits per heavy atom. The van der Waals surface area contributed by atoms with Crippen molar-refractivity contribution in [3.05, 3.63) is 77.5 Å². The van der Waals surface area contributed by atoms with Gasteiger partial charge in [-0.25, -0.2) is 4.68 Å². The van der Waals surface area contributed by atoms with Crippen LogP contribution in [-0.4, -0.2) is 40.7 Å². The van der Waals surface area contributed by atoms with Crippen molar-refractivity contribution in [2.24, 2.45) is 0 Å². The van der Waals surface area contributed by atoms with Crippen LogP contribution in [-0.2, 0) is 6.54 Å². The van der Waals surface area contributed by atoms with Gasteiger partial charge in [0.2, 0.25) is 0 Å². The largest absolute Gasteiger partial charge is 0.362 e. The van der Waals surface area contributed by atoms with Crippen molar-refractivity contribution in [3.8, 4) is 5.69 Å². The Labute approximate surface area is 179 Å². The van der Waals surface area contributed by atoms with Gasteiger partial charge in [0.15, 0.2) is 0 Å². The van der Waals surface area contributed by atoms with Crippen LogP contribution < -0.4 is 4.90 Å². The van der Waals surface area contributed by atoms with Gasteiger partial charge >= 0.3 is 0 Å². The molecular formula is C25H32N4O. The van der Waals surface area contributed by atoms with Gasteiger partial charge in [-0.1, -0.05) is 50.2 Å². The summed E-state index contributed by atoms with van der Waals surface area (Å²) < 4.78 is 2.00. The monoisotopic (exact) mass is 404 g/mol. The molecule has 0 N–H and O–H groups in total. The van der Waals surface area contributed by atoms with Crippen LogP contribution in [0.1, 0.15) is 55.2 Å². The number of benzene rings is 2. The minimum atomic E-state index is 0.0393. The third kappa shape index (κ3) is 4.40. The number of para-hydroxylation sites is 1. The molecule has 0 aliphatic rings. The van der Waals surface area contributed by atoms with Gasteiger partial charge in [-0.05, 0) is 44.0 Å². The number of carbonyl (C=O) groups is 1. The summed E-state index contributed by atoms with van der Waals surface area (Å²) in [7, 11) is 4.06. The fourth-order valence-electron chi connectivity index (χ4n) is 3.69. The van der Waals surface area contributed by atoms with E-state index in [1.54, 1.807) is 0 Å². The summed E-state index contributed by atoms with van der Waals surface area (Å²) in [6.45, 7) is 8.94. The van der Waals surface area contributed by atoms with E-state index in [0.717, 1.165) is 22.8 Å². The average molecular weight is 405 g/mol. The molecule has 1 heterocycles. The van der Waals surface area contributed by atoms with Crippen molar-refractivity contribution >= 4 is 11.7 Å². The number of anilines is 1. The zero-order valence-electron chi connectivity index (χ0n) is 18.8. The summed E-state index contributed by atoms with van der Waals surface area (Å²) in [6, 6.07) is 19.7. The van der Waals surface area contributed by atoms with Crippen LogP contribution in [0.15, 0.2) is 60.7 Å². The van der Waals surface area contributed by atoms with Crippen LogP contribution in [0.2, 0.25) is 0 Å². The van der Waals surface area contributed by atoms with E-state index in [1.807, 2.05) is 72.2 Å². The third-order valence-corrected chi connectivity index (χ3v) is 5.19. The van der Waals surface area contributed by atoms with Crippen LogP contribution >= 0.6 is 0 Å². The van der Waals surface area contributed by atoms with Crippen molar-refractivity contribution in [2.75, 3.05) is 19.0 Å². The molecule has 158 valence electrons. The molecule has 5 nitrogen and oxygen atoms in total. The highest BCUT2D eigenvalue weighted by Crippen LogP contribution is 2.32. The molecule has 0 saturated heterocycles. The first-order chi connectivity index (χ1) is 14.3. The maximum absolute atomic E-state index is 13.3. The van der Waals surface area contributed by atoms with Gasteiger partial charge in [0.05, 0.1) is 17.9 Å². The molecule has 0 unspecified atom stereocenters. The Kier molecular flexibility index (Phi) is 6.60. The molecule has 0 aliphatic carbocycles. The number of rotatable bonds is 7. The molecule has 1 amide bonds. The molecule has 2 aromatic carbocycles. The van der Waals surface area contributed by atoms with Crippen LogP contribution in [0.3, 0.4) is 0 Å². The molecule has 30 heavy (non-hydrogen) atoms. The van der Waals surface area contributed by atoms with E-state index in [-0.39, 0.29) is 17.9 Å². The molecule has 3 aromatic rings. The minimum absolute atomic E-state index is 0.0393. The summed E-state index contributed by atoms with van der Waals surface area (Å²) in [5.74, 6) is 1.29. The van der Waals surface area contributed by atoms with E-state index in [0.29, 0.717) is 12.1 Å². The molecule has 0 fully saturated rings. The van der Waals surface area contributed by atoms with Crippen LogP contribution in [0.4, 0.5) is 5.82 Å². The van der Waals surface area contributed by atoms with E-state index in [9.17, 15) is 4.79 Å². The smallest absolute Gasteiger partial charge is 0.254 e. The predicted molar refractivity (Wildman–Crippen MR) is 123 cm³/mol. The van der Waals surface area contributed by atoms with Crippen molar-refractivity contribution in [1.29, 1.82) is 0 Å². The fraction of sp³-hybridized carbons (Fsp3) is 0.360. The predicted octanol–water partition coefficient (Wildman–Crippen LogP) is 5.11. The zero-order valence-corrected chi connectivity index (χ0v) is 18.8. The van der Waals surface area contributed by atoms with Crippen LogP contribution in [0, 0.1) is 0 Å². The molecule has 0 atom stereocenters. The second kappa shape index (κ2) is 9.16. The first kappa shape index (κ1) is 21.6. The molecule has 0 bridgehead atoms. The fourth-order valence-corrected chi connectivity index (χ4v) is 3.69. The standard InChI is InChI=1S/C25H32N4O/c1-18(2)23-22(17-28(19(3)4)25(30)20-13-9-7-10-14-20)24(27(5)6)29(26-23)21-15-11-8-12-16-21/h7-16,18-19H,17H2,1-6H3. The first-order valence-electron chi connectivity index (χ1n) is 10.5. The lowest BCUT2D eigenvalue weighted by Crippen LogP contribution is -2.37. The molecule has 0 spiro atoms. The molecule has 3 rings (SSSR count). The highest BCUT2D eigenvalue weighted by Gasteiger charge is 2.27. The Morgan fingerprint density at radius 2 is 1.50 bits per heavy atom. The molecule has 0 radical (unpaired) electrons. The maximum atomic E-state index is 13.3. The Balaban J connectivity index is 2.11. The Hall–Kier alpha value is -3.08. The quantitative estimate of drug-likeness (QED) is 0.549. The number of aromatic nitrogens is 2. The van der Waals surface area contributed by atoms with E-state index in [2.05, 4.69) is 44.7 Å². The van der Waals surface area contributed by atoms with E-state index >= 15 is 0 Å². The third-order valence-electron chi connectivity index (χ3n) is 5.19. The SMILES string of the molecule is CC(C)c1nn(-c2ccccc2)c(N(C)C)c1CN(C(=O)c1ccccc1)C(C)C. The van der Waals surface area contributed by atoms with E-state index in [4.69, 9.17) is 5.10 Å². The average Bonchev–Trinajstić information content (AvgIpc) is 3.12. The lowest BCUT2D eigenvalue weighted by atomic mass is 10.0. The first-order valence-corrected chi connectivity index (χ1v) is 10.5. The molecule has 5 heteroatoms. The van der Waals surface area contributed by atoms with E-state index in [1.165, 1.54) is 0 Å². The zero-order chi connectivity index (χ0) is 21.8. The number of hydrogen-bond acceptors (Lipinski definition) is 3. The summed E-state index contributed by atoms with van der Waals surface area (Å²) in [6.07, 6.45) is 0. The highest BCUT2D eigenvalue weighted by atomic mass is 16.2. The molecule has 0 aliphatic heterocycles. The summed E-state index contributed by atoms with van der Waals surface area (Å²) in [5, 5.41) is 4.98. The van der Waals surface area contributed by atoms with Gasteiger partial charge in [-0.15, -0.1) is 0 Å². The van der Waals surface area contributed by atoms with Gasteiger partial charge in [0.25, 0.3) is 5.91 Å². The van der Waals surface area contributed by atoms with E-state index < -0.39 is 0 Å². The Bertz CT molecular complexity index is 975. The van der Waals surface area contributed by atoms with Crippen LogP contribution in [0.5, 0.6) is 0 Å². The second-order valence-corrected chi connectivity index (χ2v) is 8.38. The molecule has 0 saturated carbocycles. The van der Waals surface area contributed by atoms with Gasteiger partial charge in [-0.3, -0.25) is 4.79 Å². The van der Waals surface area contributed by atoms with Crippen molar-refractivity contribution in [3.63, 3.8) is 0 Å². The number of nitrogens with zero attached hydrogens (tertiary/aromatic N) is 4. The Morgan fingerprint density at radius 3 is 2.00 bits per heavy atom. The summed E-state index contributed by atoms with van der Waals surface area (Å²) in [4.78, 5) is 17.3. The van der Waals surface area contributed by atoms with Gasteiger partial charge in [-0.2, -0.15) is 5.10 Å². The van der Waals surface area contributed by atoms with Crippen molar-refractivity contribution < 1.29 is 4.79 Å². The lowest BCUT2D eigenvalue weighted by Gasteiger charge is -2.28. The van der Waals surface area contributed by atoms with Crippen molar-refractivity contribution in [1.82, 2.24) is 14.7 Å². The van der Waals surface area contributed by atoms with Crippen LogP contribution in [0.25, 0.3) is 5.69 Å². The second-order valence-electron chi connectivity index (χ2n) is 8.38. The minimum Gasteiger partial charge on any atom is -0.362 e. The van der Waals surface area contributed by atoms with Crippen molar-refractivity contribution in [2.45, 2.75) is 46.2 Å². The molecular weight excluding hydrogens is 372 g/mol. The van der Waals surface area contributed by atoms with Gasteiger partial charge in [0, 0.05) is 31.3 Å². The van der Waals surface area contributed by atoms with Gasteiger partial charge < -0.3 is 9.80 Å². The highest BCUT2D eigenvalue weighted by molar-refractivity contribution is 5.94. The molecule has 1 aromatic heterocycles. The topological polar surface area (TPSA) is 41.4 Å². The number of hydrogen-bond donors (Lipinski definition) is 0. The number of carbonyl (C=O) groups excluding carboxylic acids is 1. The normalized spacial score (nSPS) is 11.2. The lowest BCUT2D eigenvalue weighted by molar-refractivity contribution is 0.0690. The summed E-state index contributed by atoms with van der Waals surface area (Å²) >= 11 is 0. The summed E-state index contributed by atoms with van der Waals surface area (Å²) in [5.41, 5.74) is 3.84. The maximum Gasteiger partial charge on any atom is 0.254 e.